The van der Waals surface area contributed by atoms with Gasteiger partial charge in [0.15, 0.2) is 0 Å². The number of nitrogens with zero attached hydrogens (tertiary/aromatic N) is 4. The summed E-state index contributed by atoms with van der Waals surface area (Å²) in [5.41, 5.74) is 4.47. The third kappa shape index (κ3) is 4.11. The van der Waals surface area contributed by atoms with Crippen molar-refractivity contribution in [1.29, 1.82) is 0 Å². The van der Waals surface area contributed by atoms with E-state index in [0.717, 1.165) is 41.9 Å². The van der Waals surface area contributed by atoms with Gasteiger partial charge in [0.1, 0.15) is 5.65 Å². The number of hydrogen-bond acceptors (Lipinski definition) is 5. The van der Waals surface area contributed by atoms with Crippen molar-refractivity contribution in [3.05, 3.63) is 36.4 Å². The first-order chi connectivity index (χ1) is 13.7. The number of rotatable bonds is 7. The highest BCUT2D eigenvalue weighted by Crippen LogP contribution is 2.36. The first-order valence-electron chi connectivity index (χ1n) is 10.2. The van der Waals surface area contributed by atoms with Gasteiger partial charge < -0.3 is 10.1 Å². The Kier molecular flexibility index (Phi) is 6.04. The molecular formula is C21H29N5OS. The van der Waals surface area contributed by atoms with Crippen LogP contribution in [0.25, 0.3) is 22.2 Å². The zero-order valence-corrected chi connectivity index (χ0v) is 17.5. The van der Waals surface area contributed by atoms with Gasteiger partial charge in [-0.3, -0.25) is 8.65 Å². The van der Waals surface area contributed by atoms with Crippen molar-refractivity contribution in [3.63, 3.8) is 0 Å². The van der Waals surface area contributed by atoms with E-state index in [-0.39, 0.29) is 0 Å². The first kappa shape index (κ1) is 19.5. The summed E-state index contributed by atoms with van der Waals surface area (Å²) in [5, 5.41) is 9.09. The van der Waals surface area contributed by atoms with Crippen LogP contribution < -0.4 is 5.32 Å². The molecule has 28 heavy (non-hydrogen) atoms. The molecule has 1 fully saturated rings. The van der Waals surface area contributed by atoms with Gasteiger partial charge in [0.05, 0.1) is 12.8 Å². The molecule has 0 saturated heterocycles. The molecule has 0 atom stereocenters. The van der Waals surface area contributed by atoms with Gasteiger partial charge in [0.2, 0.25) is 0 Å². The normalized spacial score (nSPS) is 20.1. The van der Waals surface area contributed by atoms with Crippen LogP contribution in [-0.4, -0.2) is 44.5 Å². The first-order valence-corrected chi connectivity index (χ1v) is 10.6. The van der Waals surface area contributed by atoms with Gasteiger partial charge in [-0.25, -0.2) is 4.98 Å². The van der Waals surface area contributed by atoms with Crippen LogP contribution in [0.3, 0.4) is 0 Å². The Bertz CT molecular complexity index is 926. The fraction of sp³-hybridized carbons (Fsp3) is 0.524. The smallest absolute Gasteiger partial charge is 0.150 e. The van der Waals surface area contributed by atoms with Gasteiger partial charge in [-0.2, -0.15) is 5.10 Å². The van der Waals surface area contributed by atoms with E-state index in [4.69, 9.17) is 9.72 Å². The Balaban J connectivity index is 1.48. The molecular weight excluding hydrogens is 370 g/mol. The molecule has 0 amide bonds. The zero-order valence-electron chi connectivity index (χ0n) is 16.6. The molecule has 6 nitrogen and oxygen atoms in total. The van der Waals surface area contributed by atoms with Gasteiger partial charge >= 0.3 is 0 Å². The minimum Gasteiger partial charge on any atom is -0.380 e. The molecule has 7 heteroatoms. The summed E-state index contributed by atoms with van der Waals surface area (Å²) >= 11 is 4.56. The van der Waals surface area contributed by atoms with Gasteiger partial charge in [0, 0.05) is 61.3 Å². The van der Waals surface area contributed by atoms with Crippen molar-refractivity contribution < 1.29 is 4.74 Å². The molecule has 1 saturated carbocycles. The van der Waals surface area contributed by atoms with E-state index in [9.17, 15) is 0 Å². The molecule has 3 aromatic rings. The van der Waals surface area contributed by atoms with E-state index in [1.807, 2.05) is 43.4 Å². The summed E-state index contributed by atoms with van der Waals surface area (Å²) in [4.78, 5) is 4.73. The van der Waals surface area contributed by atoms with E-state index in [1.54, 1.807) is 3.97 Å². The minimum absolute atomic E-state index is 0.576. The van der Waals surface area contributed by atoms with E-state index < -0.39 is 0 Å². The maximum Gasteiger partial charge on any atom is 0.150 e. The Hall–Kier alpha value is -1.83. The van der Waals surface area contributed by atoms with E-state index in [1.165, 1.54) is 31.2 Å². The molecule has 0 aromatic carbocycles. The van der Waals surface area contributed by atoms with Crippen LogP contribution in [0.2, 0.25) is 0 Å². The number of aryl methyl sites for hydroxylation is 1. The van der Waals surface area contributed by atoms with E-state index in [0.29, 0.717) is 12.0 Å². The maximum absolute atomic E-state index is 5.42. The van der Waals surface area contributed by atoms with Crippen LogP contribution in [0.1, 0.15) is 44.1 Å². The molecule has 1 aliphatic carbocycles. The molecule has 0 unspecified atom stereocenters. The Morgan fingerprint density at radius 3 is 2.75 bits per heavy atom. The van der Waals surface area contributed by atoms with Crippen LogP contribution in [0, 0.1) is 0 Å². The van der Waals surface area contributed by atoms with Crippen molar-refractivity contribution in [3.8, 4) is 11.1 Å². The Morgan fingerprint density at radius 2 is 2.04 bits per heavy atom. The summed E-state index contributed by atoms with van der Waals surface area (Å²) in [5.74, 6) is 0.576. The van der Waals surface area contributed by atoms with Crippen LogP contribution in [-0.2, 0) is 11.8 Å². The number of hydrogen-bond donors (Lipinski definition) is 2. The topological polar surface area (TPSA) is 56.9 Å². The van der Waals surface area contributed by atoms with Crippen LogP contribution in [0.4, 0.5) is 0 Å². The van der Waals surface area contributed by atoms with Gasteiger partial charge in [-0.15, -0.1) is 0 Å². The summed E-state index contributed by atoms with van der Waals surface area (Å²) < 4.78 is 9.06. The van der Waals surface area contributed by atoms with Gasteiger partial charge in [-0.05, 0) is 50.2 Å². The second-order valence-corrected chi connectivity index (χ2v) is 8.06. The standard InChI is InChI=1S/C21H29N5OS/c1-3-27-9-8-22-18-6-4-15(5-7-18)16-10-19-20(17-12-24-25(2)13-17)14-26(28)21(19)23-11-16/h10-15,18,22,28H,3-9H2,1-2H3/t15-,18-. The molecule has 0 spiro atoms. The summed E-state index contributed by atoms with van der Waals surface area (Å²) in [7, 11) is 1.94. The average molecular weight is 400 g/mol. The van der Waals surface area contributed by atoms with Crippen molar-refractivity contribution in [1.82, 2.24) is 24.1 Å². The van der Waals surface area contributed by atoms with E-state index in [2.05, 4.69) is 29.3 Å². The largest absolute Gasteiger partial charge is 0.380 e. The number of aromatic nitrogens is 4. The molecule has 0 bridgehead atoms. The molecule has 4 rings (SSSR count). The molecule has 1 aliphatic rings. The third-order valence-electron chi connectivity index (χ3n) is 5.74. The molecule has 0 aliphatic heterocycles. The monoisotopic (exact) mass is 399 g/mol. The molecule has 3 heterocycles. The maximum atomic E-state index is 5.42. The SMILES string of the molecule is CCOCCN[C@H]1CC[C@H](c2cnc3c(c2)c(-c2cnn(C)c2)cn3S)CC1. The number of thiol groups is 1. The van der Waals surface area contributed by atoms with Crippen LogP contribution in [0.5, 0.6) is 0 Å². The van der Waals surface area contributed by atoms with Crippen molar-refractivity contribution in [2.24, 2.45) is 7.05 Å². The fourth-order valence-corrected chi connectivity index (χ4v) is 4.51. The van der Waals surface area contributed by atoms with Gasteiger partial charge in [0.25, 0.3) is 0 Å². The lowest BCUT2D eigenvalue weighted by molar-refractivity contribution is 0.144. The van der Waals surface area contributed by atoms with Crippen molar-refractivity contribution in [2.75, 3.05) is 19.8 Å². The summed E-state index contributed by atoms with van der Waals surface area (Å²) in [6.07, 6.45) is 12.8. The lowest BCUT2D eigenvalue weighted by Crippen LogP contribution is -2.35. The highest BCUT2D eigenvalue weighted by atomic mass is 32.1. The summed E-state index contributed by atoms with van der Waals surface area (Å²) in [6, 6.07) is 2.92. The van der Waals surface area contributed by atoms with Crippen LogP contribution in [0.15, 0.2) is 30.9 Å². The van der Waals surface area contributed by atoms with Crippen molar-refractivity contribution in [2.45, 2.75) is 44.6 Å². The third-order valence-corrected chi connectivity index (χ3v) is 6.05. The zero-order chi connectivity index (χ0) is 19.5. The Morgan fingerprint density at radius 1 is 1.21 bits per heavy atom. The lowest BCUT2D eigenvalue weighted by atomic mass is 9.82. The number of ether oxygens (including phenoxy) is 1. The predicted octanol–water partition coefficient (Wildman–Crippen LogP) is 3.78. The number of nitrogens with one attached hydrogen (secondary N) is 1. The van der Waals surface area contributed by atoms with Crippen molar-refractivity contribution >= 4 is 23.8 Å². The molecule has 1 N–H and O–H groups in total. The van der Waals surface area contributed by atoms with Gasteiger partial charge in [-0.1, -0.05) is 12.8 Å². The molecule has 0 radical (unpaired) electrons. The highest BCUT2D eigenvalue weighted by Gasteiger charge is 2.23. The average Bonchev–Trinajstić information content (AvgIpc) is 3.29. The highest BCUT2D eigenvalue weighted by molar-refractivity contribution is 7.78. The van der Waals surface area contributed by atoms with Crippen LogP contribution >= 0.6 is 12.8 Å². The predicted molar refractivity (Wildman–Crippen MR) is 116 cm³/mol. The lowest BCUT2D eigenvalue weighted by Gasteiger charge is -2.29. The number of pyridine rings is 1. The summed E-state index contributed by atoms with van der Waals surface area (Å²) in [6.45, 7) is 4.58. The van der Waals surface area contributed by atoms with E-state index >= 15 is 0 Å². The fourth-order valence-electron chi connectivity index (χ4n) is 4.23. The second kappa shape index (κ2) is 8.68. The minimum atomic E-state index is 0.576. The number of fused-ring (bicyclic) bond motifs is 1. The molecule has 3 aromatic heterocycles. The Labute approximate surface area is 171 Å². The molecule has 150 valence electrons. The second-order valence-electron chi connectivity index (χ2n) is 7.63. The quantitative estimate of drug-likeness (QED) is 0.469.